The van der Waals surface area contributed by atoms with Crippen molar-refractivity contribution >= 4 is 52.1 Å². The Balaban J connectivity index is 1.61. The Kier molecular flexibility index (Phi) is 8.95. The Morgan fingerprint density at radius 2 is 1.71 bits per heavy atom. The van der Waals surface area contributed by atoms with E-state index in [9.17, 15) is 9.59 Å². The molecule has 0 unspecified atom stereocenters. The van der Waals surface area contributed by atoms with Crippen molar-refractivity contribution in [2.75, 3.05) is 50.6 Å². The molecule has 1 saturated heterocycles. The molecule has 2 N–H and O–H groups in total. The highest BCUT2D eigenvalue weighted by atomic mass is 35.5. The van der Waals surface area contributed by atoms with Gasteiger partial charge in [-0.3, -0.25) is 14.9 Å². The molecule has 0 bridgehead atoms. The van der Waals surface area contributed by atoms with Crippen molar-refractivity contribution < 1.29 is 19.1 Å². The molecule has 2 aromatic rings. The number of benzene rings is 2. The number of nitrogens with zero attached hydrogens (tertiary/aromatic N) is 2. The number of halogens is 1. The Bertz CT molecular complexity index is 1040. The minimum Gasteiger partial charge on any atom is -0.496 e. The van der Waals surface area contributed by atoms with Gasteiger partial charge in [-0.15, -0.1) is 0 Å². The summed E-state index contributed by atoms with van der Waals surface area (Å²) >= 11 is 11.9. The van der Waals surface area contributed by atoms with Crippen LogP contribution in [0.15, 0.2) is 36.4 Å². The molecule has 182 valence electrons. The van der Waals surface area contributed by atoms with Crippen LogP contribution in [0.5, 0.6) is 11.5 Å². The number of amides is 2. The van der Waals surface area contributed by atoms with Crippen LogP contribution in [0.25, 0.3) is 0 Å². The number of thiocarbonyl (C=S) groups is 1. The predicted molar refractivity (Wildman–Crippen MR) is 138 cm³/mol. The van der Waals surface area contributed by atoms with E-state index in [4.69, 9.17) is 33.3 Å². The Hall–Kier alpha value is -3.04. The van der Waals surface area contributed by atoms with Gasteiger partial charge in [-0.05, 0) is 49.0 Å². The highest BCUT2D eigenvalue weighted by molar-refractivity contribution is 7.80. The van der Waals surface area contributed by atoms with Gasteiger partial charge in [-0.1, -0.05) is 24.6 Å². The summed E-state index contributed by atoms with van der Waals surface area (Å²) in [4.78, 5) is 29.0. The van der Waals surface area contributed by atoms with E-state index in [1.54, 1.807) is 24.3 Å². The third kappa shape index (κ3) is 6.09. The van der Waals surface area contributed by atoms with E-state index in [1.807, 2.05) is 24.0 Å². The predicted octanol–water partition coefficient (Wildman–Crippen LogP) is 3.93. The normalized spacial score (nSPS) is 13.3. The molecule has 0 radical (unpaired) electrons. The first kappa shape index (κ1) is 25.6. The Morgan fingerprint density at radius 1 is 1.06 bits per heavy atom. The SMILES string of the molecule is CCCC(=O)N1CCN(c2ccc(NC(=S)NC(=O)c3c(OC)cccc3OC)cc2Cl)CC1. The van der Waals surface area contributed by atoms with E-state index in [1.165, 1.54) is 14.2 Å². The highest BCUT2D eigenvalue weighted by Crippen LogP contribution is 2.30. The molecule has 1 aliphatic heterocycles. The third-order valence-electron chi connectivity index (χ3n) is 5.52. The topological polar surface area (TPSA) is 83.1 Å². The molecule has 2 amide bonds. The van der Waals surface area contributed by atoms with Crippen molar-refractivity contribution in [3.63, 3.8) is 0 Å². The van der Waals surface area contributed by atoms with E-state index in [0.717, 1.165) is 25.2 Å². The number of hydrogen-bond acceptors (Lipinski definition) is 6. The Labute approximate surface area is 210 Å². The van der Waals surface area contributed by atoms with Crippen LogP contribution in [0.4, 0.5) is 11.4 Å². The van der Waals surface area contributed by atoms with E-state index in [2.05, 4.69) is 15.5 Å². The lowest BCUT2D eigenvalue weighted by Crippen LogP contribution is -2.48. The first-order chi connectivity index (χ1) is 16.4. The second kappa shape index (κ2) is 11.9. The minimum absolute atomic E-state index is 0.116. The third-order valence-corrected chi connectivity index (χ3v) is 6.03. The van der Waals surface area contributed by atoms with Crippen molar-refractivity contribution in [2.24, 2.45) is 0 Å². The molecular weight excluding hydrogens is 476 g/mol. The molecule has 2 aromatic carbocycles. The van der Waals surface area contributed by atoms with Crippen LogP contribution in [0.3, 0.4) is 0 Å². The number of anilines is 2. The highest BCUT2D eigenvalue weighted by Gasteiger charge is 2.22. The summed E-state index contributed by atoms with van der Waals surface area (Å²) in [7, 11) is 2.96. The van der Waals surface area contributed by atoms with Gasteiger partial charge in [0.25, 0.3) is 5.91 Å². The van der Waals surface area contributed by atoms with E-state index < -0.39 is 5.91 Å². The fourth-order valence-corrected chi connectivity index (χ4v) is 4.32. The van der Waals surface area contributed by atoms with E-state index in [-0.39, 0.29) is 16.6 Å². The van der Waals surface area contributed by atoms with Crippen molar-refractivity contribution in [3.05, 3.63) is 47.0 Å². The van der Waals surface area contributed by atoms with Crippen LogP contribution < -0.4 is 25.0 Å². The molecule has 0 aromatic heterocycles. The van der Waals surface area contributed by atoms with Gasteiger partial charge >= 0.3 is 0 Å². The number of methoxy groups -OCH3 is 2. The van der Waals surface area contributed by atoms with Gasteiger partial charge in [0.15, 0.2) is 5.11 Å². The fourth-order valence-electron chi connectivity index (χ4n) is 3.81. The summed E-state index contributed by atoms with van der Waals surface area (Å²) in [6.45, 7) is 4.81. The molecule has 1 heterocycles. The Morgan fingerprint density at radius 3 is 2.26 bits per heavy atom. The number of hydrogen-bond donors (Lipinski definition) is 2. The van der Waals surface area contributed by atoms with Gasteiger partial charge in [0.05, 0.1) is 24.9 Å². The van der Waals surface area contributed by atoms with E-state index >= 15 is 0 Å². The van der Waals surface area contributed by atoms with Gasteiger partial charge in [-0.2, -0.15) is 0 Å². The van der Waals surface area contributed by atoms with Gasteiger partial charge < -0.3 is 24.6 Å². The number of piperazine rings is 1. The number of carbonyl (C=O) groups excluding carboxylic acids is 2. The lowest BCUT2D eigenvalue weighted by molar-refractivity contribution is -0.131. The average molecular weight is 505 g/mol. The number of nitrogens with one attached hydrogen (secondary N) is 2. The lowest BCUT2D eigenvalue weighted by Gasteiger charge is -2.36. The van der Waals surface area contributed by atoms with Crippen molar-refractivity contribution in [3.8, 4) is 11.5 Å². The van der Waals surface area contributed by atoms with Crippen LogP contribution in [-0.2, 0) is 4.79 Å². The summed E-state index contributed by atoms with van der Waals surface area (Å²) in [5.41, 5.74) is 1.79. The fraction of sp³-hybridized carbons (Fsp3) is 0.375. The average Bonchev–Trinajstić information content (AvgIpc) is 2.83. The van der Waals surface area contributed by atoms with Crippen LogP contribution in [-0.4, -0.2) is 62.2 Å². The quantitative estimate of drug-likeness (QED) is 0.553. The second-order valence-electron chi connectivity index (χ2n) is 7.73. The maximum Gasteiger partial charge on any atom is 0.264 e. The molecule has 0 aliphatic carbocycles. The molecule has 1 aliphatic rings. The lowest BCUT2D eigenvalue weighted by atomic mass is 10.1. The largest absolute Gasteiger partial charge is 0.496 e. The molecule has 0 saturated carbocycles. The molecule has 10 heteroatoms. The van der Waals surface area contributed by atoms with Gasteiger partial charge in [-0.25, -0.2) is 0 Å². The second-order valence-corrected chi connectivity index (χ2v) is 8.55. The number of rotatable bonds is 7. The molecular formula is C24H29ClN4O4S. The molecule has 8 nitrogen and oxygen atoms in total. The van der Waals surface area contributed by atoms with Gasteiger partial charge in [0.1, 0.15) is 17.1 Å². The zero-order chi connectivity index (χ0) is 24.7. The maximum absolute atomic E-state index is 12.8. The summed E-state index contributed by atoms with van der Waals surface area (Å²) < 4.78 is 10.6. The molecule has 0 spiro atoms. The van der Waals surface area contributed by atoms with Gasteiger partial charge in [0, 0.05) is 38.3 Å². The molecule has 0 atom stereocenters. The van der Waals surface area contributed by atoms with E-state index in [0.29, 0.717) is 41.7 Å². The first-order valence-corrected chi connectivity index (χ1v) is 11.8. The molecule has 1 fully saturated rings. The standard InChI is InChI=1S/C24H29ClN4O4S/c1-4-6-21(30)29-13-11-28(12-14-29)18-10-9-16(15-17(18)25)26-24(34)27-23(31)22-19(32-2)7-5-8-20(22)33-3/h5,7-10,15H,4,6,11-14H2,1-3H3,(H2,26,27,31,34). The summed E-state index contributed by atoms with van der Waals surface area (Å²) in [5.74, 6) is 0.506. The number of carbonyl (C=O) groups is 2. The monoisotopic (exact) mass is 504 g/mol. The van der Waals surface area contributed by atoms with Crippen LogP contribution in [0, 0.1) is 0 Å². The summed E-state index contributed by atoms with van der Waals surface area (Å²) in [5, 5.41) is 6.30. The number of ether oxygens (including phenoxy) is 2. The van der Waals surface area contributed by atoms with Crippen LogP contribution in [0.1, 0.15) is 30.1 Å². The maximum atomic E-state index is 12.8. The summed E-state index contributed by atoms with van der Waals surface area (Å²) in [6, 6.07) is 10.6. The smallest absolute Gasteiger partial charge is 0.264 e. The molecule has 34 heavy (non-hydrogen) atoms. The summed E-state index contributed by atoms with van der Waals surface area (Å²) in [6.07, 6.45) is 1.44. The minimum atomic E-state index is -0.454. The first-order valence-electron chi connectivity index (χ1n) is 11.0. The van der Waals surface area contributed by atoms with Gasteiger partial charge in [0.2, 0.25) is 5.91 Å². The van der Waals surface area contributed by atoms with Crippen LogP contribution >= 0.6 is 23.8 Å². The van der Waals surface area contributed by atoms with Crippen LogP contribution in [0.2, 0.25) is 5.02 Å². The van der Waals surface area contributed by atoms with Crippen molar-refractivity contribution in [2.45, 2.75) is 19.8 Å². The van der Waals surface area contributed by atoms with Crippen molar-refractivity contribution in [1.82, 2.24) is 10.2 Å². The van der Waals surface area contributed by atoms with Crippen molar-refractivity contribution in [1.29, 1.82) is 0 Å². The molecule has 3 rings (SSSR count). The zero-order valence-electron chi connectivity index (χ0n) is 19.5. The zero-order valence-corrected chi connectivity index (χ0v) is 21.1.